The van der Waals surface area contributed by atoms with Gasteiger partial charge in [-0.05, 0) is 31.0 Å². The molecule has 2 heterocycles. The van der Waals surface area contributed by atoms with Gasteiger partial charge in [0.1, 0.15) is 5.82 Å². The number of fused-ring (bicyclic) bond motifs is 1. The quantitative estimate of drug-likeness (QED) is 0.842. The summed E-state index contributed by atoms with van der Waals surface area (Å²) in [6.07, 6.45) is 1.82. The van der Waals surface area contributed by atoms with Crippen molar-refractivity contribution >= 4 is 0 Å². The minimum Gasteiger partial charge on any atom is -0.321 e. The van der Waals surface area contributed by atoms with Crippen molar-refractivity contribution in [2.75, 3.05) is 0 Å². The van der Waals surface area contributed by atoms with Crippen molar-refractivity contribution in [1.82, 2.24) is 14.8 Å². The van der Waals surface area contributed by atoms with Gasteiger partial charge in [-0.15, -0.1) is 0 Å². The number of benzene rings is 1. The summed E-state index contributed by atoms with van der Waals surface area (Å²) >= 11 is 0. The standard InChI is InChI=1S/C12H12F2N4/c13-8-4-3-7(6-9(8)14)11-16-12-10(15)2-1-5-18(12)17-11/h3-4,6,10H,1-2,5,15H2. The Balaban J connectivity index is 2.04. The molecule has 1 aliphatic heterocycles. The third-order valence-electron chi connectivity index (χ3n) is 3.09. The fourth-order valence-corrected chi connectivity index (χ4v) is 2.14. The zero-order valence-corrected chi connectivity index (χ0v) is 9.61. The van der Waals surface area contributed by atoms with Crippen LogP contribution in [0.25, 0.3) is 11.4 Å². The van der Waals surface area contributed by atoms with Crippen LogP contribution in [0.3, 0.4) is 0 Å². The van der Waals surface area contributed by atoms with E-state index >= 15 is 0 Å². The van der Waals surface area contributed by atoms with E-state index in [0.29, 0.717) is 17.2 Å². The number of nitrogens with zero attached hydrogens (tertiary/aromatic N) is 3. The van der Waals surface area contributed by atoms with Gasteiger partial charge in [0.05, 0.1) is 6.04 Å². The van der Waals surface area contributed by atoms with Gasteiger partial charge in [-0.1, -0.05) is 0 Å². The molecule has 0 saturated carbocycles. The molecule has 0 spiro atoms. The lowest BCUT2D eigenvalue weighted by atomic mass is 10.1. The highest BCUT2D eigenvalue weighted by molar-refractivity contribution is 5.54. The molecular formula is C12H12F2N4. The summed E-state index contributed by atoms with van der Waals surface area (Å²) in [5, 5.41) is 4.28. The van der Waals surface area contributed by atoms with Gasteiger partial charge >= 0.3 is 0 Å². The van der Waals surface area contributed by atoms with Crippen LogP contribution in [-0.2, 0) is 6.54 Å². The molecular weight excluding hydrogens is 238 g/mol. The first kappa shape index (κ1) is 11.3. The second-order valence-electron chi connectivity index (χ2n) is 4.39. The smallest absolute Gasteiger partial charge is 0.181 e. The molecule has 1 aromatic carbocycles. The Labute approximate surface area is 102 Å². The summed E-state index contributed by atoms with van der Waals surface area (Å²) in [5.41, 5.74) is 6.40. The third-order valence-corrected chi connectivity index (χ3v) is 3.09. The average Bonchev–Trinajstić information content (AvgIpc) is 2.78. The summed E-state index contributed by atoms with van der Waals surface area (Å²) in [6, 6.07) is 3.50. The number of hydrogen-bond donors (Lipinski definition) is 1. The molecule has 0 saturated heterocycles. The van der Waals surface area contributed by atoms with Crippen molar-refractivity contribution in [3.05, 3.63) is 35.7 Å². The minimum absolute atomic E-state index is 0.134. The molecule has 0 aliphatic carbocycles. The molecule has 1 aromatic heterocycles. The van der Waals surface area contributed by atoms with Crippen molar-refractivity contribution in [2.24, 2.45) is 5.73 Å². The van der Waals surface area contributed by atoms with Gasteiger partial charge in [0.25, 0.3) is 0 Å². The summed E-state index contributed by atoms with van der Waals surface area (Å²) in [7, 11) is 0. The molecule has 2 N–H and O–H groups in total. The number of aromatic nitrogens is 3. The predicted octanol–water partition coefficient (Wildman–Crippen LogP) is 2.02. The van der Waals surface area contributed by atoms with E-state index < -0.39 is 11.6 Å². The molecule has 0 amide bonds. The van der Waals surface area contributed by atoms with E-state index in [-0.39, 0.29) is 6.04 Å². The van der Waals surface area contributed by atoms with Crippen LogP contribution < -0.4 is 5.73 Å². The zero-order valence-electron chi connectivity index (χ0n) is 9.61. The largest absolute Gasteiger partial charge is 0.321 e. The molecule has 6 heteroatoms. The van der Waals surface area contributed by atoms with Gasteiger partial charge in [0, 0.05) is 12.1 Å². The maximum atomic E-state index is 13.2. The van der Waals surface area contributed by atoms with Gasteiger partial charge in [0.15, 0.2) is 17.5 Å². The van der Waals surface area contributed by atoms with Gasteiger partial charge in [-0.2, -0.15) is 5.10 Å². The van der Waals surface area contributed by atoms with Crippen molar-refractivity contribution in [3.63, 3.8) is 0 Å². The summed E-state index contributed by atoms with van der Waals surface area (Å²) < 4.78 is 27.8. The topological polar surface area (TPSA) is 56.7 Å². The van der Waals surface area contributed by atoms with Crippen LogP contribution >= 0.6 is 0 Å². The first-order valence-corrected chi connectivity index (χ1v) is 5.81. The molecule has 0 radical (unpaired) electrons. The van der Waals surface area contributed by atoms with Gasteiger partial charge in [-0.25, -0.2) is 18.4 Å². The molecule has 1 unspecified atom stereocenters. The summed E-state index contributed by atoms with van der Waals surface area (Å²) in [4.78, 5) is 4.31. The predicted molar refractivity (Wildman–Crippen MR) is 61.5 cm³/mol. The van der Waals surface area contributed by atoms with E-state index in [1.165, 1.54) is 6.07 Å². The van der Waals surface area contributed by atoms with Crippen molar-refractivity contribution in [1.29, 1.82) is 0 Å². The van der Waals surface area contributed by atoms with E-state index in [1.54, 1.807) is 4.68 Å². The molecule has 1 aliphatic rings. The van der Waals surface area contributed by atoms with Crippen LogP contribution in [0.15, 0.2) is 18.2 Å². The summed E-state index contributed by atoms with van der Waals surface area (Å²) in [6.45, 7) is 0.764. The first-order valence-electron chi connectivity index (χ1n) is 5.81. The van der Waals surface area contributed by atoms with E-state index in [2.05, 4.69) is 10.1 Å². The second kappa shape index (κ2) is 4.13. The molecule has 0 bridgehead atoms. The fraction of sp³-hybridized carbons (Fsp3) is 0.333. The SMILES string of the molecule is NC1CCCn2nc(-c3ccc(F)c(F)c3)nc21. The van der Waals surface area contributed by atoms with Crippen LogP contribution in [0.2, 0.25) is 0 Å². The van der Waals surface area contributed by atoms with Crippen LogP contribution in [0, 0.1) is 11.6 Å². The lowest BCUT2D eigenvalue weighted by molar-refractivity contribution is 0.422. The Morgan fingerprint density at radius 1 is 1.28 bits per heavy atom. The van der Waals surface area contributed by atoms with E-state index in [0.717, 1.165) is 31.5 Å². The van der Waals surface area contributed by atoms with Crippen LogP contribution in [0.5, 0.6) is 0 Å². The normalized spacial score (nSPS) is 18.7. The Morgan fingerprint density at radius 2 is 2.11 bits per heavy atom. The Bertz CT molecular complexity index is 594. The number of halogens is 2. The van der Waals surface area contributed by atoms with Crippen molar-refractivity contribution < 1.29 is 8.78 Å². The lowest BCUT2D eigenvalue weighted by Gasteiger charge is -2.17. The molecule has 4 nitrogen and oxygen atoms in total. The Morgan fingerprint density at radius 3 is 2.83 bits per heavy atom. The van der Waals surface area contributed by atoms with Crippen LogP contribution in [-0.4, -0.2) is 14.8 Å². The lowest BCUT2D eigenvalue weighted by Crippen LogP contribution is -2.22. The number of hydrogen-bond acceptors (Lipinski definition) is 3. The maximum Gasteiger partial charge on any atom is 0.181 e. The molecule has 1 atom stereocenters. The highest BCUT2D eigenvalue weighted by Crippen LogP contribution is 2.25. The van der Waals surface area contributed by atoms with Gasteiger partial charge < -0.3 is 5.73 Å². The van der Waals surface area contributed by atoms with Crippen molar-refractivity contribution in [3.8, 4) is 11.4 Å². The maximum absolute atomic E-state index is 13.2. The fourth-order valence-electron chi connectivity index (χ4n) is 2.14. The van der Waals surface area contributed by atoms with Crippen LogP contribution in [0.4, 0.5) is 8.78 Å². The van der Waals surface area contributed by atoms with E-state index in [4.69, 9.17) is 5.73 Å². The first-order chi connectivity index (χ1) is 8.65. The minimum atomic E-state index is -0.899. The molecule has 18 heavy (non-hydrogen) atoms. The van der Waals surface area contributed by atoms with Crippen LogP contribution in [0.1, 0.15) is 24.7 Å². The molecule has 0 fully saturated rings. The second-order valence-corrected chi connectivity index (χ2v) is 4.39. The monoisotopic (exact) mass is 250 g/mol. The zero-order chi connectivity index (χ0) is 12.7. The average molecular weight is 250 g/mol. The van der Waals surface area contributed by atoms with E-state index in [1.807, 2.05) is 0 Å². The highest BCUT2D eigenvalue weighted by Gasteiger charge is 2.21. The van der Waals surface area contributed by atoms with Gasteiger partial charge in [0.2, 0.25) is 0 Å². The molecule has 3 rings (SSSR count). The Kier molecular flexibility index (Phi) is 2.59. The number of rotatable bonds is 1. The highest BCUT2D eigenvalue weighted by atomic mass is 19.2. The Hall–Kier alpha value is -1.82. The van der Waals surface area contributed by atoms with E-state index in [9.17, 15) is 8.78 Å². The number of aryl methyl sites for hydroxylation is 1. The van der Waals surface area contributed by atoms with Gasteiger partial charge in [-0.3, -0.25) is 0 Å². The van der Waals surface area contributed by atoms with Crippen molar-refractivity contribution in [2.45, 2.75) is 25.4 Å². The summed E-state index contributed by atoms with van der Waals surface area (Å²) in [5.74, 6) is -0.675. The number of nitrogens with two attached hydrogens (primary N) is 1. The molecule has 94 valence electrons. The third kappa shape index (κ3) is 1.78. The molecule has 2 aromatic rings.